The van der Waals surface area contributed by atoms with E-state index in [-0.39, 0.29) is 0 Å². The number of hydrogen-bond acceptors (Lipinski definition) is 2. The second-order valence-corrected chi connectivity index (χ2v) is 5.96. The second-order valence-electron chi connectivity index (χ2n) is 4.73. The molecule has 1 heterocycles. The molecule has 0 spiro atoms. The maximum atomic E-state index is 6.12. The molecule has 0 aromatic carbocycles. The maximum Gasteiger partial charge on any atom is 0.0971 e. The van der Waals surface area contributed by atoms with E-state index < -0.39 is 0 Å². The Labute approximate surface area is 97.1 Å². The first-order chi connectivity index (χ1) is 7.36. The van der Waals surface area contributed by atoms with Gasteiger partial charge in [0.25, 0.3) is 0 Å². The van der Waals surface area contributed by atoms with Gasteiger partial charge in [-0.3, -0.25) is 4.99 Å². The van der Waals surface area contributed by atoms with Gasteiger partial charge in [-0.25, -0.2) is 0 Å². The summed E-state index contributed by atoms with van der Waals surface area (Å²) in [5.41, 5.74) is 6.12. The Balaban J connectivity index is 1.86. The van der Waals surface area contributed by atoms with Crippen LogP contribution in [0.1, 0.15) is 44.9 Å². The van der Waals surface area contributed by atoms with Crippen molar-refractivity contribution >= 4 is 17.6 Å². The Kier molecular flexibility index (Phi) is 4.36. The zero-order valence-corrected chi connectivity index (χ0v) is 10.3. The van der Waals surface area contributed by atoms with E-state index in [0.29, 0.717) is 12.0 Å². The van der Waals surface area contributed by atoms with E-state index in [1.807, 2.05) is 0 Å². The predicted octanol–water partition coefficient (Wildman–Crippen LogP) is 2.82. The third kappa shape index (κ3) is 3.40. The molecule has 1 saturated heterocycles. The summed E-state index contributed by atoms with van der Waals surface area (Å²) in [5, 5.41) is 0. The lowest BCUT2D eigenvalue weighted by molar-refractivity contribution is 0.434. The molecule has 0 amide bonds. The van der Waals surface area contributed by atoms with Gasteiger partial charge in [0.15, 0.2) is 0 Å². The molecule has 2 aliphatic rings. The summed E-state index contributed by atoms with van der Waals surface area (Å²) in [6.45, 7) is 0. The van der Waals surface area contributed by atoms with Crippen molar-refractivity contribution in [3.63, 3.8) is 0 Å². The van der Waals surface area contributed by atoms with Crippen LogP contribution in [0.15, 0.2) is 4.99 Å². The number of amidine groups is 1. The van der Waals surface area contributed by atoms with Crippen molar-refractivity contribution in [2.24, 2.45) is 16.6 Å². The van der Waals surface area contributed by atoms with Crippen molar-refractivity contribution in [3.8, 4) is 0 Å². The highest BCUT2D eigenvalue weighted by atomic mass is 32.2. The molecular formula is C12H22N2S. The minimum absolute atomic E-state index is 0.535. The van der Waals surface area contributed by atoms with E-state index in [9.17, 15) is 0 Å². The molecule has 0 bridgehead atoms. The summed E-state index contributed by atoms with van der Waals surface area (Å²) in [5.74, 6) is 4.11. The Morgan fingerprint density at radius 2 is 1.67 bits per heavy atom. The van der Waals surface area contributed by atoms with Gasteiger partial charge in [0, 0.05) is 5.92 Å². The van der Waals surface area contributed by atoms with E-state index in [4.69, 9.17) is 10.7 Å². The molecule has 1 aliphatic carbocycles. The van der Waals surface area contributed by atoms with Crippen LogP contribution < -0.4 is 5.73 Å². The van der Waals surface area contributed by atoms with Crippen molar-refractivity contribution < 1.29 is 0 Å². The van der Waals surface area contributed by atoms with Crippen LogP contribution in [0.3, 0.4) is 0 Å². The molecule has 15 heavy (non-hydrogen) atoms. The number of rotatable bonds is 2. The third-order valence-corrected chi connectivity index (χ3v) is 4.59. The topological polar surface area (TPSA) is 38.4 Å². The van der Waals surface area contributed by atoms with Crippen molar-refractivity contribution in [3.05, 3.63) is 0 Å². The molecule has 0 unspecified atom stereocenters. The molecule has 0 atom stereocenters. The summed E-state index contributed by atoms with van der Waals surface area (Å²) in [7, 11) is 0. The number of thioether (sulfide) groups is 1. The summed E-state index contributed by atoms with van der Waals surface area (Å²) in [6.07, 6.45) is 9.11. The van der Waals surface area contributed by atoms with Crippen LogP contribution in [0.5, 0.6) is 0 Å². The van der Waals surface area contributed by atoms with Gasteiger partial charge < -0.3 is 5.73 Å². The predicted molar refractivity (Wildman–Crippen MR) is 68.5 cm³/mol. The Bertz CT molecular complexity index is 216. The highest BCUT2D eigenvalue weighted by Gasteiger charge is 2.19. The molecule has 0 aromatic rings. The zero-order valence-electron chi connectivity index (χ0n) is 9.45. The minimum atomic E-state index is 0.535. The molecule has 0 aromatic heterocycles. The van der Waals surface area contributed by atoms with Gasteiger partial charge in [0.1, 0.15) is 0 Å². The third-order valence-electron chi connectivity index (χ3n) is 3.55. The first-order valence-corrected chi connectivity index (χ1v) is 7.42. The lowest BCUT2D eigenvalue weighted by atomic mass is 9.88. The first-order valence-electron chi connectivity index (χ1n) is 6.27. The van der Waals surface area contributed by atoms with Crippen molar-refractivity contribution in [2.75, 3.05) is 11.5 Å². The fraction of sp³-hybridized carbons (Fsp3) is 0.917. The fourth-order valence-electron chi connectivity index (χ4n) is 2.53. The molecule has 3 heteroatoms. The molecule has 2 rings (SSSR count). The standard InChI is InChI=1S/C12H22N2S/c13-12(10-4-2-1-3-5-10)14-11-6-8-15-9-7-11/h10-11H,1-9H2,(H2,13,14). The Hall–Kier alpha value is -0.180. The summed E-state index contributed by atoms with van der Waals surface area (Å²) < 4.78 is 0. The van der Waals surface area contributed by atoms with Crippen LogP contribution in [-0.2, 0) is 0 Å². The van der Waals surface area contributed by atoms with Crippen LogP contribution in [-0.4, -0.2) is 23.4 Å². The van der Waals surface area contributed by atoms with Gasteiger partial charge in [0.05, 0.1) is 11.9 Å². The number of nitrogens with zero attached hydrogens (tertiary/aromatic N) is 1. The van der Waals surface area contributed by atoms with E-state index in [1.54, 1.807) is 0 Å². The molecule has 86 valence electrons. The molecule has 2 nitrogen and oxygen atoms in total. The van der Waals surface area contributed by atoms with Crippen molar-refractivity contribution in [1.82, 2.24) is 0 Å². The van der Waals surface area contributed by atoms with Gasteiger partial charge in [-0.1, -0.05) is 19.3 Å². The van der Waals surface area contributed by atoms with Gasteiger partial charge in [-0.15, -0.1) is 0 Å². The Morgan fingerprint density at radius 3 is 2.33 bits per heavy atom. The van der Waals surface area contributed by atoms with E-state index >= 15 is 0 Å². The van der Waals surface area contributed by atoms with E-state index in [0.717, 1.165) is 5.84 Å². The van der Waals surface area contributed by atoms with Gasteiger partial charge >= 0.3 is 0 Å². The normalized spacial score (nSPS) is 26.8. The number of nitrogens with two attached hydrogens (primary N) is 1. The molecular weight excluding hydrogens is 204 g/mol. The van der Waals surface area contributed by atoms with Crippen molar-refractivity contribution in [2.45, 2.75) is 51.0 Å². The highest BCUT2D eigenvalue weighted by molar-refractivity contribution is 7.99. The molecule has 2 N–H and O–H groups in total. The molecule has 0 radical (unpaired) electrons. The summed E-state index contributed by atoms with van der Waals surface area (Å²) >= 11 is 2.05. The maximum absolute atomic E-state index is 6.12. The van der Waals surface area contributed by atoms with Crippen molar-refractivity contribution in [1.29, 1.82) is 0 Å². The molecule has 1 saturated carbocycles. The van der Waals surface area contributed by atoms with E-state index in [1.165, 1.54) is 56.5 Å². The smallest absolute Gasteiger partial charge is 0.0971 e. The van der Waals surface area contributed by atoms with Crippen LogP contribution in [0.4, 0.5) is 0 Å². The lowest BCUT2D eigenvalue weighted by Crippen LogP contribution is -2.28. The van der Waals surface area contributed by atoms with Gasteiger partial charge in [0.2, 0.25) is 0 Å². The highest BCUT2D eigenvalue weighted by Crippen LogP contribution is 2.25. The minimum Gasteiger partial charge on any atom is -0.387 e. The number of aliphatic imine (C=N–C) groups is 1. The molecule has 1 aliphatic heterocycles. The van der Waals surface area contributed by atoms with Gasteiger partial charge in [-0.05, 0) is 37.2 Å². The quantitative estimate of drug-likeness (QED) is 0.581. The lowest BCUT2D eigenvalue weighted by Gasteiger charge is -2.24. The SMILES string of the molecule is NC(=NC1CCSCC1)C1CCCCC1. The average Bonchev–Trinajstić information content (AvgIpc) is 2.31. The summed E-state index contributed by atoms with van der Waals surface area (Å²) in [4.78, 5) is 4.74. The van der Waals surface area contributed by atoms with Crippen LogP contribution >= 0.6 is 11.8 Å². The zero-order chi connectivity index (χ0) is 10.5. The average molecular weight is 226 g/mol. The van der Waals surface area contributed by atoms with Gasteiger partial charge in [-0.2, -0.15) is 11.8 Å². The Morgan fingerprint density at radius 1 is 1.00 bits per heavy atom. The van der Waals surface area contributed by atoms with Crippen LogP contribution in [0, 0.1) is 5.92 Å². The number of hydrogen-bond donors (Lipinski definition) is 1. The first kappa shape index (κ1) is 11.3. The largest absolute Gasteiger partial charge is 0.387 e. The second kappa shape index (κ2) is 5.78. The molecule has 2 fully saturated rings. The summed E-state index contributed by atoms with van der Waals surface area (Å²) in [6, 6.07) is 0.535. The van der Waals surface area contributed by atoms with Crippen LogP contribution in [0.25, 0.3) is 0 Å². The monoisotopic (exact) mass is 226 g/mol. The fourth-order valence-corrected chi connectivity index (χ4v) is 3.61. The van der Waals surface area contributed by atoms with Crippen LogP contribution in [0.2, 0.25) is 0 Å². The van der Waals surface area contributed by atoms with E-state index in [2.05, 4.69) is 11.8 Å².